The summed E-state index contributed by atoms with van der Waals surface area (Å²) in [5, 5.41) is 1.18. The quantitative estimate of drug-likeness (QED) is 0.555. The van der Waals surface area contributed by atoms with E-state index in [9.17, 15) is 4.79 Å². The Morgan fingerprint density at radius 3 is 2.32 bits per heavy atom. The fourth-order valence-corrected chi connectivity index (χ4v) is 4.99. The Kier molecular flexibility index (Phi) is 7.03. The number of pyridine rings is 2. The van der Waals surface area contributed by atoms with Crippen molar-refractivity contribution in [3.63, 3.8) is 0 Å². The summed E-state index contributed by atoms with van der Waals surface area (Å²) in [5.74, 6) is 0.498. The van der Waals surface area contributed by atoms with Crippen LogP contribution in [0.1, 0.15) is 34.6 Å². The molecule has 0 bridgehead atoms. The molecule has 1 atom stereocenters. The second-order valence-electron chi connectivity index (χ2n) is 11.6. The van der Waals surface area contributed by atoms with Gasteiger partial charge >= 0.3 is 7.12 Å². The van der Waals surface area contributed by atoms with Crippen molar-refractivity contribution < 1.29 is 14.0 Å². The van der Waals surface area contributed by atoms with Gasteiger partial charge in [-0.1, -0.05) is 5.24 Å². The van der Waals surface area contributed by atoms with Crippen molar-refractivity contribution in [1.29, 1.82) is 0 Å². The van der Waals surface area contributed by atoms with Crippen LogP contribution in [-0.2, 0) is 19.3 Å². The topological polar surface area (TPSA) is 81.1 Å². The number of aromatic nitrogens is 2. The molecule has 3 fully saturated rings. The summed E-state index contributed by atoms with van der Waals surface area (Å²) >= 11 is 0. The van der Waals surface area contributed by atoms with Gasteiger partial charge in [0.1, 0.15) is 11.5 Å². The lowest BCUT2D eigenvalue weighted by Gasteiger charge is -2.46. The predicted octanol–water partition coefficient (Wildman–Crippen LogP) is 0.269. The van der Waals surface area contributed by atoms with Crippen molar-refractivity contribution in [3.8, 4) is 0 Å². The number of rotatable bonds is 6. The lowest BCUT2D eigenvalue weighted by atomic mass is 9.49. The van der Waals surface area contributed by atoms with Crippen LogP contribution in [0.3, 0.4) is 0 Å². The monoisotopic (exact) mass is 511 g/mol. The van der Waals surface area contributed by atoms with Gasteiger partial charge in [-0.05, 0) is 52.8 Å². The van der Waals surface area contributed by atoms with Gasteiger partial charge in [-0.25, -0.2) is 4.98 Å². The zero-order valence-corrected chi connectivity index (χ0v) is 22.8. The first-order chi connectivity index (χ1) is 17.7. The van der Waals surface area contributed by atoms with Gasteiger partial charge in [-0.15, -0.1) is 0 Å². The van der Waals surface area contributed by atoms with Gasteiger partial charge in [-0.2, -0.15) is 0 Å². The van der Waals surface area contributed by atoms with Gasteiger partial charge in [0.2, 0.25) is 0 Å². The SMILES string of the molecule is [B]C([B])([B])n1cc(B2OC(C)(C)C(C)(C)O2)cc(Nc2ccc(N3CCN(C4COC4)C[C@@H]3C)cn2)c1=O. The highest BCUT2D eigenvalue weighted by atomic mass is 16.7. The fraction of sp³-hybridized carbons (Fsp3) is 0.600. The van der Waals surface area contributed by atoms with Gasteiger partial charge < -0.3 is 28.8 Å². The summed E-state index contributed by atoms with van der Waals surface area (Å²) in [6.45, 7) is 14.6. The summed E-state index contributed by atoms with van der Waals surface area (Å²) in [5.41, 5.74) is 0.158. The highest BCUT2D eigenvalue weighted by Gasteiger charge is 2.52. The van der Waals surface area contributed by atoms with E-state index in [1.165, 1.54) is 6.20 Å². The third kappa shape index (κ3) is 5.18. The van der Waals surface area contributed by atoms with E-state index in [0.717, 1.165) is 43.1 Å². The van der Waals surface area contributed by atoms with E-state index in [4.69, 9.17) is 37.6 Å². The first-order valence-electron chi connectivity index (χ1n) is 13.1. The minimum atomic E-state index is -1.92. The molecule has 2 aromatic heterocycles. The molecule has 0 spiro atoms. The Bertz CT molecular complexity index is 1210. The molecule has 0 amide bonds. The molecule has 3 saturated heterocycles. The largest absolute Gasteiger partial charge is 0.496 e. The van der Waals surface area contributed by atoms with Crippen LogP contribution in [0.15, 0.2) is 35.4 Å². The van der Waals surface area contributed by atoms with E-state index in [-0.39, 0.29) is 5.69 Å². The van der Waals surface area contributed by atoms with Crippen LogP contribution in [0.2, 0.25) is 0 Å². The third-order valence-electron chi connectivity index (χ3n) is 8.12. The average Bonchev–Trinajstić information content (AvgIpc) is 3.01. The zero-order chi connectivity index (χ0) is 27.5. The van der Waals surface area contributed by atoms with Crippen molar-refractivity contribution >= 4 is 53.3 Å². The van der Waals surface area contributed by atoms with Crippen LogP contribution in [0.25, 0.3) is 0 Å². The first-order valence-corrected chi connectivity index (χ1v) is 13.1. The minimum Gasteiger partial charge on any atom is -0.399 e. The van der Waals surface area contributed by atoms with Crippen LogP contribution in [0.4, 0.5) is 17.2 Å². The maximum absolute atomic E-state index is 13.2. The molecule has 1 N–H and O–H groups in total. The maximum atomic E-state index is 13.2. The Balaban J connectivity index is 1.36. The molecule has 0 aliphatic carbocycles. The maximum Gasteiger partial charge on any atom is 0.496 e. The number of hydrogen-bond donors (Lipinski definition) is 1. The molecule has 2 aromatic rings. The number of hydrogen-bond acceptors (Lipinski definition) is 8. The molecular weight excluding hydrogens is 478 g/mol. The van der Waals surface area contributed by atoms with Gasteiger partial charge in [0.15, 0.2) is 0 Å². The summed E-state index contributed by atoms with van der Waals surface area (Å²) in [6, 6.07) is 6.40. The molecule has 9 nitrogen and oxygen atoms in total. The molecule has 0 saturated carbocycles. The number of anilines is 3. The van der Waals surface area contributed by atoms with E-state index in [1.807, 2.05) is 46.0 Å². The van der Waals surface area contributed by atoms with E-state index in [1.54, 1.807) is 6.07 Å². The normalized spacial score (nSPS) is 23.9. The van der Waals surface area contributed by atoms with E-state index >= 15 is 0 Å². The Morgan fingerprint density at radius 1 is 1.11 bits per heavy atom. The zero-order valence-electron chi connectivity index (χ0n) is 22.8. The summed E-state index contributed by atoms with van der Waals surface area (Å²) in [4.78, 5) is 22.7. The van der Waals surface area contributed by atoms with Crippen LogP contribution >= 0.6 is 0 Å². The lowest BCUT2D eigenvalue weighted by molar-refractivity contribution is -0.0691. The second kappa shape index (κ2) is 9.77. The second-order valence-corrected chi connectivity index (χ2v) is 11.6. The number of piperazine rings is 1. The molecule has 38 heavy (non-hydrogen) atoms. The van der Waals surface area contributed by atoms with Crippen molar-refractivity contribution in [2.24, 2.45) is 0 Å². The van der Waals surface area contributed by atoms with E-state index < -0.39 is 29.1 Å². The van der Waals surface area contributed by atoms with Crippen molar-refractivity contribution in [2.75, 3.05) is 43.1 Å². The molecule has 0 unspecified atom stereocenters. The molecule has 13 heteroatoms. The minimum absolute atomic E-state index is 0.202. The summed E-state index contributed by atoms with van der Waals surface area (Å²) < 4.78 is 18.8. The number of nitrogens with one attached hydrogen (secondary N) is 1. The Labute approximate surface area is 229 Å². The van der Waals surface area contributed by atoms with E-state index in [2.05, 4.69) is 27.0 Å². The fourth-order valence-electron chi connectivity index (χ4n) is 4.99. The lowest BCUT2D eigenvalue weighted by Crippen LogP contribution is -2.59. The predicted molar refractivity (Wildman–Crippen MR) is 152 cm³/mol. The van der Waals surface area contributed by atoms with Crippen LogP contribution in [-0.4, -0.2) is 101 Å². The van der Waals surface area contributed by atoms with Crippen molar-refractivity contribution in [2.45, 2.75) is 63.1 Å². The molecule has 5 heterocycles. The average molecular weight is 511 g/mol. The molecular formula is C25H33B4N5O4. The van der Waals surface area contributed by atoms with Crippen LogP contribution in [0, 0.1) is 0 Å². The van der Waals surface area contributed by atoms with Gasteiger partial charge in [-0.3, -0.25) is 9.69 Å². The van der Waals surface area contributed by atoms with E-state index in [0.29, 0.717) is 23.4 Å². The highest BCUT2D eigenvalue weighted by Crippen LogP contribution is 2.36. The van der Waals surface area contributed by atoms with Gasteiger partial charge in [0.25, 0.3) is 5.56 Å². The number of nitrogens with zero attached hydrogens (tertiary/aromatic N) is 4. The molecule has 3 aliphatic heterocycles. The molecule has 3 aliphatic rings. The summed E-state index contributed by atoms with van der Waals surface area (Å²) in [7, 11) is 17.0. The Morgan fingerprint density at radius 2 is 1.79 bits per heavy atom. The summed E-state index contributed by atoms with van der Waals surface area (Å²) in [6.07, 6.45) is 3.29. The molecule has 6 radical (unpaired) electrons. The first kappa shape index (κ1) is 27.4. The standard InChI is InChI=1S/C25H33B4N5O4/c1-16-12-32(19-14-36-15-19)8-9-33(16)18-6-7-21(30-11-18)31-20-10-17(13-34(22(20)35)25(26,27)28)29-37-23(2,3)24(4,5)38-29/h6-7,10-11,13,16,19H,8-9,12,14-15H2,1-5H3,(H,30,31)/t16-/m0/s1. The van der Waals surface area contributed by atoms with Crippen LogP contribution in [0.5, 0.6) is 0 Å². The highest BCUT2D eigenvalue weighted by molar-refractivity contribution is 6.62. The number of ether oxygens (including phenoxy) is 1. The molecule has 194 valence electrons. The van der Waals surface area contributed by atoms with Crippen molar-refractivity contribution in [3.05, 3.63) is 40.9 Å². The van der Waals surface area contributed by atoms with Gasteiger partial charge in [0, 0.05) is 37.3 Å². The molecule has 5 rings (SSSR count). The van der Waals surface area contributed by atoms with Gasteiger partial charge in [0.05, 0.1) is 65.9 Å². The Hall–Kier alpha value is -2.20. The third-order valence-corrected chi connectivity index (χ3v) is 8.12. The van der Waals surface area contributed by atoms with Crippen molar-refractivity contribution in [1.82, 2.24) is 14.5 Å². The van der Waals surface area contributed by atoms with Crippen LogP contribution < -0.4 is 21.2 Å². The smallest absolute Gasteiger partial charge is 0.399 e. The molecule has 0 aromatic carbocycles.